The van der Waals surface area contributed by atoms with Gasteiger partial charge in [0.15, 0.2) is 0 Å². The maximum Gasteiger partial charge on any atom is 0.416 e. The van der Waals surface area contributed by atoms with Crippen LogP contribution in [0.15, 0.2) is 66.7 Å². The van der Waals surface area contributed by atoms with E-state index in [2.05, 4.69) is 6.92 Å². The zero-order chi connectivity index (χ0) is 26.7. The van der Waals surface area contributed by atoms with Crippen molar-refractivity contribution < 1.29 is 27.5 Å². The Kier molecular flexibility index (Phi) is 7.57. The van der Waals surface area contributed by atoms with E-state index in [-0.39, 0.29) is 18.5 Å². The van der Waals surface area contributed by atoms with Gasteiger partial charge in [0.2, 0.25) is 5.91 Å². The molecule has 194 valence electrons. The fourth-order valence-corrected chi connectivity index (χ4v) is 4.43. The van der Waals surface area contributed by atoms with E-state index in [4.69, 9.17) is 4.74 Å². The molecule has 0 spiro atoms. The first kappa shape index (κ1) is 26.3. The standard InChI is InChI=1S/C29H29F3N2O3/c1-4-5-16-37-22-14-15-25-26(17-22)34(19(2)3)27(35)18-33(25)28(36)24-9-7-6-8-23(24)20-10-12-21(13-11-20)29(30,31)32/h6-15,17,19H,4-5,16,18H2,1-3H3. The first-order valence-electron chi connectivity index (χ1n) is 12.3. The summed E-state index contributed by atoms with van der Waals surface area (Å²) in [5.41, 5.74) is 1.65. The molecule has 1 aliphatic heterocycles. The number of nitrogens with zero attached hydrogens (tertiary/aromatic N) is 2. The van der Waals surface area contributed by atoms with E-state index in [0.717, 1.165) is 25.0 Å². The molecule has 2 amide bonds. The first-order chi connectivity index (χ1) is 17.6. The number of unbranched alkanes of at least 4 members (excludes halogenated alkanes) is 1. The smallest absolute Gasteiger partial charge is 0.416 e. The molecule has 5 nitrogen and oxygen atoms in total. The van der Waals surface area contributed by atoms with Crippen LogP contribution < -0.4 is 14.5 Å². The number of carbonyl (C=O) groups excluding carboxylic acids is 2. The summed E-state index contributed by atoms with van der Waals surface area (Å²) in [5, 5.41) is 0. The molecule has 1 aliphatic rings. The average molecular weight is 511 g/mol. The Labute approximate surface area is 214 Å². The van der Waals surface area contributed by atoms with Gasteiger partial charge in [0.25, 0.3) is 5.91 Å². The van der Waals surface area contributed by atoms with Crippen LogP contribution in [0.1, 0.15) is 49.5 Å². The maximum absolute atomic E-state index is 13.8. The highest BCUT2D eigenvalue weighted by molar-refractivity contribution is 6.18. The van der Waals surface area contributed by atoms with Gasteiger partial charge in [0.1, 0.15) is 12.3 Å². The minimum Gasteiger partial charge on any atom is -0.494 e. The number of fused-ring (bicyclic) bond motifs is 1. The molecule has 0 radical (unpaired) electrons. The molecule has 0 bridgehead atoms. The lowest BCUT2D eigenvalue weighted by atomic mass is 9.97. The summed E-state index contributed by atoms with van der Waals surface area (Å²) in [6, 6.07) is 16.6. The topological polar surface area (TPSA) is 49.9 Å². The van der Waals surface area contributed by atoms with Crippen LogP contribution in [0.4, 0.5) is 24.5 Å². The molecule has 37 heavy (non-hydrogen) atoms. The zero-order valence-electron chi connectivity index (χ0n) is 21.0. The molecule has 0 aliphatic carbocycles. The molecule has 0 saturated heterocycles. The lowest BCUT2D eigenvalue weighted by Gasteiger charge is -2.38. The second kappa shape index (κ2) is 10.7. The lowest BCUT2D eigenvalue weighted by molar-refractivity contribution is -0.137. The molecule has 3 aromatic carbocycles. The third-order valence-electron chi connectivity index (χ3n) is 6.27. The molecule has 0 aromatic heterocycles. The quantitative estimate of drug-likeness (QED) is 0.323. The Morgan fingerprint density at radius 2 is 1.70 bits per heavy atom. The van der Waals surface area contributed by atoms with Crippen molar-refractivity contribution in [2.24, 2.45) is 0 Å². The summed E-state index contributed by atoms with van der Waals surface area (Å²) >= 11 is 0. The number of ether oxygens (including phenoxy) is 1. The van der Waals surface area contributed by atoms with Crippen LogP contribution in [0.3, 0.4) is 0 Å². The highest BCUT2D eigenvalue weighted by Gasteiger charge is 2.35. The molecule has 0 saturated carbocycles. The number of hydrogen-bond acceptors (Lipinski definition) is 3. The number of halogens is 3. The van der Waals surface area contributed by atoms with Gasteiger partial charge in [-0.3, -0.25) is 14.5 Å². The summed E-state index contributed by atoms with van der Waals surface area (Å²) in [6.07, 6.45) is -2.56. The Morgan fingerprint density at radius 1 is 1.00 bits per heavy atom. The molecule has 0 atom stereocenters. The molecule has 8 heteroatoms. The summed E-state index contributed by atoms with van der Waals surface area (Å²) < 4.78 is 45.0. The number of amides is 2. The molecular weight excluding hydrogens is 481 g/mol. The summed E-state index contributed by atoms with van der Waals surface area (Å²) in [7, 11) is 0. The predicted molar refractivity (Wildman–Crippen MR) is 138 cm³/mol. The van der Waals surface area contributed by atoms with Gasteiger partial charge in [0.05, 0.1) is 23.5 Å². The van der Waals surface area contributed by atoms with E-state index in [9.17, 15) is 22.8 Å². The summed E-state index contributed by atoms with van der Waals surface area (Å²) in [4.78, 5) is 30.1. The minimum atomic E-state index is -4.45. The Morgan fingerprint density at radius 3 is 2.35 bits per heavy atom. The fourth-order valence-electron chi connectivity index (χ4n) is 4.43. The second-order valence-corrected chi connectivity index (χ2v) is 9.22. The minimum absolute atomic E-state index is 0.131. The molecule has 0 fully saturated rings. The third kappa shape index (κ3) is 5.48. The number of rotatable bonds is 7. The van der Waals surface area contributed by atoms with Crippen LogP contribution in [0, 0.1) is 0 Å². The largest absolute Gasteiger partial charge is 0.494 e. The van der Waals surface area contributed by atoms with E-state index >= 15 is 0 Å². The van der Waals surface area contributed by atoms with Crippen molar-refractivity contribution >= 4 is 23.2 Å². The van der Waals surface area contributed by atoms with Gasteiger partial charge in [-0.2, -0.15) is 13.2 Å². The van der Waals surface area contributed by atoms with Crippen LogP contribution in [0.2, 0.25) is 0 Å². The van der Waals surface area contributed by atoms with Gasteiger partial charge in [-0.25, -0.2) is 0 Å². The normalized spacial score (nSPS) is 13.6. The van der Waals surface area contributed by atoms with Crippen LogP contribution in [0.5, 0.6) is 5.75 Å². The van der Waals surface area contributed by atoms with Gasteiger partial charge >= 0.3 is 6.18 Å². The van der Waals surface area contributed by atoms with Crippen molar-refractivity contribution in [2.75, 3.05) is 23.0 Å². The van der Waals surface area contributed by atoms with Gasteiger partial charge in [-0.05, 0) is 61.7 Å². The van der Waals surface area contributed by atoms with E-state index in [0.29, 0.717) is 40.4 Å². The van der Waals surface area contributed by atoms with Crippen LogP contribution in [-0.4, -0.2) is 31.0 Å². The molecule has 4 rings (SSSR count). The highest BCUT2D eigenvalue weighted by atomic mass is 19.4. The third-order valence-corrected chi connectivity index (χ3v) is 6.27. The van der Waals surface area contributed by atoms with Crippen molar-refractivity contribution in [1.82, 2.24) is 0 Å². The zero-order valence-corrected chi connectivity index (χ0v) is 21.0. The summed E-state index contributed by atoms with van der Waals surface area (Å²) in [5.74, 6) is -0.0215. The number of hydrogen-bond donors (Lipinski definition) is 0. The molecule has 0 unspecified atom stereocenters. The number of anilines is 2. The Bertz CT molecular complexity index is 1290. The van der Waals surface area contributed by atoms with Crippen LogP contribution in [-0.2, 0) is 11.0 Å². The van der Waals surface area contributed by atoms with Crippen molar-refractivity contribution in [3.63, 3.8) is 0 Å². The van der Waals surface area contributed by atoms with Crippen molar-refractivity contribution in [2.45, 2.75) is 45.8 Å². The monoisotopic (exact) mass is 510 g/mol. The molecule has 3 aromatic rings. The number of benzene rings is 3. The lowest BCUT2D eigenvalue weighted by Crippen LogP contribution is -2.50. The van der Waals surface area contributed by atoms with Gasteiger partial charge in [0, 0.05) is 17.7 Å². The Balaban J connectivity index is 1.73. The second-order valence-electron chi connectivity index (χ2n) is 9.22. The van der Waals surface area contributed by atoms with Crippen molar-refractivity contribution in [3.8, 4) is 16.9 Å². The predicted octanol–water partition coefficient (Wildman–Crippen LogP) is 6.95. The number of carbonyl (C=O) groups is 2. The van der Waals surface area contributed by atoms with Crippen molar-refractivity contribution in [3.05, 3.63) is 77.9 Å². The van der Waals surface area contributed by atoms with Crippen LogP contribution >= 0.6 is 0 Å². The summed E-state index contributed by atoms with van der Waals surface area (Å²) in [6.45, 7) is 6.28. The maximum atomic E-state index is 13.8. The Hall–Kier alpha value is -3.81. The molecular formula is C29H29F3N2O3. The first-order valence-corrected chi connectivity index (χ1v) is 12.3. The van der Waals surface area contributed by atoms with Gasteiger partial charge < -0.3 is 9.64 Å². The van der Waals surface area contributed by atoms with E-state index < -0.39 is 17.6 Å². The molecule has 0 N–H and O–H groups in total. The van der Waals surface area contributed by atoms with Crippen LogP contribution in [0.25, 0.3) is 11.1 Å². The average Bonchev–Trinajstić information content (AvgIpc) is 2.87. The highest BCUT2D eigenvalue weighted by Crippen LogP contribution is 2.39. The van der Waals surface area contributed by atoms with E-state index in [1.807, 2.05) is 13.8 Å². The SMILES string of the molecule is CCCCOc1ccc2c(c1)N(C(C)C)C(=O)CN2C(=O)c1ccccc1-c1ccc(C(F)(F)F)cc1. The number of alkyl halides is 3. The molecule has 1 heterocycles. The van der Waals surface area contributed by atoms with Crippen molar-refractivity contribution in [1.29, 1.82) is 0 Å². The fraction of sp³-hybridized carbons (Fsp3) is 0.310. The van der Waals surface area contributed by atoms with Gasteiger partial charge in [-0.15, -0.1) is 0 Å². The van der Waals surface area contributed by atoms with Gasteiger partial charge in [-0.1, -0.05) is 43.7 Å². The van der Waals surface area contributed by atoms with E-state index in [1.165, 1.54) is 17.0 Å². The van der Waals surface area contributed by atoms with E-state index in [1.54, 1.807) is 47.4 Å².